The number of benzene rings is 1. The number of phenolic OH excluding ortho intramolecular Hbond substituents is 1. The molecule has 5 N–H and O–H groups in total. The van der Waals surface area contributed by atoms with Crippen molar-refractivity contribution in [2.75, 3.05) is 0 Å². The van der Waals surface area contributed by atoms with E-state index in [0.29, 0.717) is 11.3 Å². The zero-order chi connectivity index (χ0) is 16.7. The molecule has 0 aliphatic heterocycles. The summed E-state index contributed by atoms with van der Waals surface area (Å²) in [6, 6.07) is 1.86. The molecule has 0 saturated carbocycles. The SMILES string of the molecule is N[C@H](Cc1cnc[nH]1)C(=O)O.O=Cc1cc(Cl)cc(Cl)c1O. The summed E-state index contributed by atoms with van der Waals surface area (Å²) in [4.78, 5) is 27.0. The minimum absolute atomic E-state index is 0.0830. The van der Waals surface area contributed by atoms with Gasteiger partial charge in [-0.15, -0.1) is 0 Å². The molecule has 0 radical (unpaired) electrons. The summed E-state index contributed by atoms with van der Waals surface area (Å²) < 4.78 is 0. The summed E-state index contributed by atoms with van der Waals surface area (Å²) >= 11 is 11.1. The maximum Gasteiger partial charge on any atom is 0.320 e. The number of rotatable bonds is 4. The first kappa shape index (κ1) is 18.0. The van der Waals surface area contributed by atoms with Crippen LogP contribution in [0.4, 0.5) is 0 Å². The summed E-state index contributed by atoms with van der Waals surface area (Å²) in [5.74, 6) is -1.23. The summed E-state index contributed by atoms with van der Waals surface area (Å²) in [6.45, 7) is 0. The van der Waals surface area contributed by atoms with E-state index in [4.69, 9.17) is 39.1 Å². The fraction of sp³-hybridized carbons (Fsp3) is 0.154. The van der Waals surface area contributed by atoms with Gasteiger partial charge in [-0.3, -0.25) is 9.59 Å². The lowest BCUT2D eigenvalue weighted by molar-refractivity contribution is -0.138. The average Bonchev–Trinajstić information content (AvgIpc) is 2.96. The van der Waals surface area contributed by atoms with E-state index in [1.54, 1.807) is 6.20 Å². The number of aliphatic carboxylic acids is 1. The van der Waals surface area contributed by atoms with Crippen molar-refractivity contribution < 1.29 is 19.8 Å². The molecule has 118 valence electrons. The number of aldehydes is 1. The third-order valence-electron chi connectivity index (χ3n) is 2.50. The van der Waals surface area contributed by atoms with Gasteiger partial charge in [0.15, 0.2) is 6.29 Å². The molecule has 2 rings (SSSR count). The minimum Gasteiger partial charge on any atom is -0.506 e. The van der Waals surface area contributed by atoms with E-state index in [0.717, 1.165) is 5.69 Å². The summed E-state index contributed by atoms with van der Waals surface area (Å²) in [7, 11) is 0. The first-order valence-electron chi connectivity index (χ1n) is 5.94. The maximum atomic E-state index is 10.3. The first-order valence-corrected chi connectivity index (χ1v) is 6.69. The molecular formula is C13H13Cl2N3O4. The second-order valence-corrected chi connectivity index (χ2v) is 5.01. The number of hydrogen-bond acceptors (Lipinski definition) is 5. The summed E-state index contributed by atoms with van der Waals surface area (Å²) in [5, 5.41) is 17.9. The van der Waals surface area contributed by atoms with Crippen LogP contribution in [0.25, 0.3) is 0 Å². The minimum atomic E-state index is -1.00. The van der Waals surface area contributed by atoms with Gasteiger partial charge in [-0.2, -0.15) is 0 Å². The van der Waals surface area contributed by atoms with Crippen molar-refractivity contribution in [1.82, 2.24) is 9.97 Å². The Kier molecular flexibility index (Phi) is 6.84. The Hall–Kier alpha value is -2.09. The molecule has 1 atom stereocenters. The van der Waals surface area contributed by atoms with E-state index in [9.17, 15) is 9.59 Å². The summed E-state index contributed by atoms with van der Waals surface area (Å²) in [5.41, 5.74) is 6.10. The van der Waals surface area contributed by atoms with Gasteiger partial charge in [0, 0.05) is 23.3 Å². The fourth-order valence-electron chi connectivity index (χ4n) is 1.40. The number of halogens is 2. The van der Waals surface area contributed by atoms with Gasteiger partial charge in [-0.05, 0) is 12.1 Å². The number of carbonyl (C=O) groups excluding carboxylic acids is 1. The molecule has 1 heterocycles. The lowest BCUT2D eigenvalue weighted by atomic mass is 10.2. The zero-order valence-electron chi connectivity index (χ0n) is 11.2. The van der Waals surface area contributed by atoms with Gasteiger partial charge in [-0.25, -0.2) is 4.98 Å². The topological polar surface area (TPSA) is 129 Å². The van der Waals surface area contributed by atoms with Crippen LogP contribution in [0.5, 0.6) is 5.75 Å². The van der Waals surface area contributed by atoms with Gasteiger partial charge in [0.1, 0.15) is 11.8 Å². The second kappa shape index (κ2) is 8.38. The Balaban J connectivity index is 0.000000220. The van der Waals surface area contributed by atoms with Crippen molar-refractivity contribution in [3.05, 3.63) is 46.0 Å². The van der Waals surface area contributed by atoms with Crippen LogP contribution >= 0.6 is 23.2 Å². The first-order chi connectivity index (χ1) is 10.3. The van der Waals surface area contributed by atoms with Gasteiger partial charge in [0.2, 0.25) is 0 Å². The van der Waals surface area contributed by atoms with E-state index in [-0.39, 0.29) is 22.8 Å². The van der Waals surface area contributed by atoms with Crippen molar-refractivity contribution in [3.8, 4) is 5.75 Å². The standard InChI is InChI=1S/C7H4Cl2O2.C6H9N3O2/c8-5-1-4(3-10)7(11)6(9)2-5;7-5(6(10)11)1-4-2-8-3-9-4/h1-3,11H;2-3,5H,1,7H2,(H,8,9)(H,10,11)/t;5-/m.1/s1. The molecule has 0 unspecified atom stereocenters. The molecule has 1 aromatic carbocycles. The number of aromatic nitrogens is 2. The van der Waals surface area contributed by atoms with Crippen LogP contribution in [0.2, 0.25) is 10.0 Å². The Morgan fingerprint density at radius 1 is 1.45 bits per heavy atom. The van der Waals surface area contributed by atoms with E-state index in [1.165, 1.54) is 18.5 Å². The Morgan fingerprint density at radius 2 is 2.14 bits per heavy atom. The number of phenols is 1. The van der Waals surface area contributed by atoms with Crippen LogP contribution in [-0.4, -0.2) is 38.5 Å². The molecule has 22 heavy (non-hydrogen) atoms. The quantitative estimate of drug-likeness (QED) is 0.626. The summed E-state index contributed by atoms with van der Waals surface area (Å²) in [6.07, 6.45) is 3.83. The molecule has 0 fully saturated rings. The average molecular weight is 346 g/mol. The Morgan fingerprint density at radius 3 is 2.64 bits per heavy atom. The van der Waals surface area contributed by atoms with Crippen molar-refractivity contribution in [2.45, 2.75) is 12.5 Å². The number of H-pyrrole nitrogens is 1. The number of aromatic amines is 1. The van der Waals surface area contributed by atoms with E-state index in [2.05, 4.69) is 9.97 Å². The lowest BCUT2D eigenvalue weighted by Gasteiger charge is -2.02. The highest BCUT2D eigenvalue weighted by molar-refractivity contribution is 6.36. The predicted octanol–water partition coefficient (Wildman–Crippen LogP) is 1.88. The largest absolute Gasteiger partial charge is 0.506 e. The second-order valence-electron chi connectivity index (χ2n) is 4.17. The van der Waals surface area contributed by atoms with Gasteiger partial charge in [0.25, 0.3) is 0 Å². The monoisotopic (exact) mass is 345 g/mol. The van der Waals surface area contributed by atoms with Crippen LogP contribution in [-0.2, 0) is 11.2 Å². The molecule has 0 aliphatic carbocycles. The van der Waals surface area contributed by atoms with Crippen LogP contribution in [0, 0.1) is 0 Å². The number of aromatic hydroxyl groups is 1. The number of carboxylic acids is 1. The van der Waals surface area contributed by atoms with Crippen LogP contribution in [0.3, 0.4) is 0 Å². The number of carboxylic acid groups (broad SMARTS) is 1. The smallest absolute Gasteiger partial charge is 0.320 e. The lowest BCUT2D eigenvalue weighted by Crippen LogP contribution is -2.32. The van der Waals surface area contributed by atoms with Crippen molar-refractivity contribution in [3.63, 3.8) is 0 Å². The highest BCUT2D eigenvalue weighted by Gasteiger charge is 2.12. The third kappa shape index (κ3) is 5.36. The van der Waals surface area contributed by atoms with E-state index < -0.39 is 12.0 Å². The van der Waals surface area contributed by atoms with Crippen LogP contribution in [0.15, 0.2) is 24.7 Å². The zero-order valence-corrected chi connectivity index (χ0v) is 12.7. The van der Waals surface area contributed by atoms with Crippen molar-refractivity contribution in [1.29, 1.82) is 0 Å². The molecule has 0 aliphatic rings. The highest BCUT2D eigenvalue weighted by atomic mass is 35.5. The molecule has 1 aromatic heterocycles. The molecule has 7 nitrogen and oxygen atoms in total. The number of nitrogens with one attached hydrogen (secondary N) is 1. The number of hydrogen-bond donors (Lipinski definition) is 4. The van der Waals surface area contributed by atoms with Gasteiger partial charge in [-0.1, -0.05) is 23.2 Å². The normalized spacial score (nSPS) is 11.2. The number of carbonyl (C=O) groups is 2. The van der Waals surface area contributed by atoms with Gasteiger partial charge < -0.3 is 20.9 Å². The van der Waals surface area contributed by atoms with E-state index in [1.807, 2.05) is 0 Å². The van der Waals surface area contributed by atoms with E-state index >= 15 is 0 Å². The van der Waals surface area contributed by atoms with Gasteiger partial charge >= 0.3 is 5.97 Å². The molecule has 0 bridgehead atoms. The molecule has 9 heteroatoms. The maximum absolute atomic E-state index is 10.3. The molecule has 0 amide bonds. The number of imidazole rings is 1. The predicted molar refractivity (Wildman–Crippen MR) is 81.4 cm³/mol. The Bertz CT molecular complexity index is 647. The van der Waals surface area contributed by atoms with Crippen LogP contribution < -0.4 is 5.73 Å². The number of nitrogens with zero attached hydrogens (tertiary/aromatic N) is 1. The van der Waals surface area contributed by atoms with Crippen LogP contribution in [0.1, 0.15) is 16.1 Å². The molecule has 0 saturated heterocycles. The van der Waals surface area contributed by atoms with Crippen molar-refractivity contribution >= 4 is 35.5 Å². The molecule has 2 aromatic rings. The molecular weight excluding hydrogens is 333 g/mol. The Labute approximate surface area is 135 Å². The van der Waals surface area contributed by atoms with Crippen molar-refractivity contribution in [2.24, 2.45) is 5.73 Å². The third-order valence-corrected chi connectivity index (χ3v) is 3.00. The van der Waals surface area contributed by atoms with Gasteiger partial charge in [0.05, 0.1) is 16.9 Å². The fourth-order valence-corrected chi connectivity index (χ4v) is 1.91. The highest BCUT2D eigenvalue weighted by Crippen LogP contribution is 2.29. The number of nitrogens with two attached hydrogens (primary N) is 1. The molecule has 0 spiro atoms.